The van der Waals surface area contributed by atoms with Gasteiger partial charge in [0.1, 0.15) is 0 Å². The van der Waals surface area contributed by atoms with Gasteiger partial charge in [-0.2, -0.15) is 0 Å². The monoisotopic (exact) mass is 205 g/mol. The lowest BCUT2D eigenvalue weighted by Crippen LogP contribution is -2.24. The molecule has 0 aromatic rings. The van der Waals surface area contributed by atoms with E-state index < -0.39 is 0 Å². The van der Waals surface area contributed by atoms with E-state index in [1.54, 1.807) is 0 Å². The van der Waals surface area contributed by atoms with Crippen LogP contribution in [0.4, 0.5) is 0 Å². The van der Waals surface area contributed by atoms with Crippen molar-refractivity contribution in [2.45, 2.75) is 39.0 Å². The van der Waals surface area contributed by atoms with Crippen LogP contribution >= 0.6 is 0 Å². The van der Waals surface area contributed by atoms with Gasteiger partial charge in [-0.3, -0.25) is 14.9 Å². The highest BCUT2D eigenvalue weighted by molar-refractivity contribution is 6.22. The predicted molar refractivity (Wildman–Crippen MR) is 57.0 cm³/mol. The van der Waals surface area contributed by atoms with Gasteiger partial charge in [0.05, 0.1) is 5.57 Å². The number of hydrogen-bond donors (Lipinski definition) is 1. The van der Waals surface area contributed by atoms with Crippen LogP contribution in [0.5, 0.6) is 0 Å². The second kappa shape index (κ2) is 4.01. The molecule has 1 aliphatic carbocycles. The second-order valence-corrected chi connectivity index (χ2v) is 4.03. The molecule has 0 aromatic carbocycles. The standard InChI is InChI=1S/C12H15NO2/c1-2-3-4-5-8-6-7-9-10(8)12(15)13-11(9)14/h6H,2-5,7H2,1H3,(H,13,14,15). The first-order chi connectivity index (χ1) is 7.24. The van der Waals surface area contributed by atoms with Crippen LogP contribution in [0.3, 0.4) is 0 Å². The van der Waals surface area contributed by atoms with Crippen molar-refractivity contribution in [3.8, 4) is 0 Å². The molecule has 2 rings (SSSR count). The first kappa shape index (κ1) is 10.1. The molecule has 3 nitrogen and oxygen atoms in total. The van der Waals surface area contributed by atoms with E-state index in [4.69, 9.17) is 0 Å². The normalized spacial score (nSPS) is 19.4. The molecule has 80 valence electrons. The van der Waals surface area contributed by atoms with Gasteiger partial charge in [-0.1, -0.05) is 25.8 Å². The zero-order chi connectivity index (χ0) is 10.8. The van der Waals surface area contributed by atoms with E-state index >= 15 is 0 Å². The second-order valence-electron chi connectivity index (χ2n) is 4.03. The van der Waals surface area contributed by atoms with Crippen molar-refractivity contribution in [1.82, 2.24) is 5.32 Å². The van der Waals surface area contributed by atoms with Crippen molar-refractivity contribution in [3.63, 3.8) is 0 Å². The lowest BCUT2D eigenvalue weighted by molar-refractivity contribution is -0.124. The molecule has 0 radical (unpaired) electrons. The van der Waals surface area contributed by atoms with Gasteiger partial charge in [0.15, 0.2) is 0 Å². The number of amides is 2. The summed E-state index contributed by atoms with van der Waals surface area (Å²) >= 11 is 0. The fourth-order valence-electron chi connectivity index (χ4n) is 2.15. The molecule has 0 saturated carbocycles. The maximum atomic E-state index is 11.5. The van der Waals surface area contributed by atoms with Crippen LogP contribution in [0, 0.1) is 0 Å². The van der Waals surface area contributed by atoms with Gasteiger partial charge >= 0.3 is 0 Å². The highest BCUT2D eigenvalue weighted by Gasteiger charge is 2.34. The zero-order valence-corrected chi connectivity index (χ0v) is 8.93. The molecular formula is C12H15NO2. The summed E-state index contributed by atoms with van der Waals surface area (Å²) in [4.78, 5) is 22.8. The Labute approximate surface area is 89.2 Å². The van der Waals surface area contributed by atoms with E-state index in [-0.39, 0.29) is 11.8 Å². The molecule has 1 heterocycles. The third kappa shape index (κ3) is 1.74. The number of imide groups is 1. The number of carbonyl (C=O) groups excluding carboxylic acids is 2. The number of allylic oxidation sites excluding steroid dienone is 1. The molecule has 0 spiro atoms. The fourth-order valence-corrected chi connectivity index (χ4v) is 2.15. The van der Waals surface area contributed by atoms with Crippen LogP contribution < -0.4 is 5.32 Å². The summed E-state index contributed by atoms with van der Waals surface area (Å²) in [5, 5.41) is 2.35. The van der Waals surface area contributed by atoms with E-state index in [0.717, 1.165) is 18.4 Å². The Morgan fingerprint density at radius 1 is 1.27 bits per heavy atom. The molecule has 0 bridgehead atoms. The number of unbranched alkanes of at least 4 members (excludes halogenated alkanes) is 2. The fraction of sp³-hybridized carbons (Fsp3) is 0.500. The van der Waals surface area contributed by atoms with Crippen LogP contribution in [-0.2, 0) is 9.59 Å². The number of nitrogens with one attached hydrogen (secondary N) is 1. The van der Waals surface area contributed by atoms with Crippen molar-refractivity contribution in [2.75, 3.05) is 0 Å². The van der Waals surface area contributed by atoms with Gasteiger partial charge in [-0.15, -0.1) is 0 Å². The van der Waals surface area contributed by atoms with Crippen molar-refractivity contribution >= 4 is 11.8 Å². The Morgan fingerprint density at radius 3 is 2.80 bits per heavy atom. The molecule has 1 aliphatic heterocycles. The first-order valence-corrected chi connectivity index (χ1v) is 5.52. The molecule has 3 heteroatoms. The summed E-state index contributed by atoms with van der Waals surface area (Å²) in [5.41, 5.74) is 2.41. The van der Waals surface area contributed by atoms with Crippen molar-refractivity contribution in [1.29, 1.82) is 0 Å². The molecule has 15 heavy (non-hydrogen) atoms. The smallest absolute Gasteiger partial charge is 0.258 e. The lowest BCUT2D eigenvalue weighted by atomic mass is 10.0. The van der Waals surface area contributed by atoms with Crippen molar-refractivity contribution < 1.29 is 9.59 Å². The molecule has 2 aliphatic rings. The maximum Gasteiger partial charge on any atom is 0.258 e. The first-order valence-electron chi connectivity index (χ1n) is 5.52. The van der Waals surface area contributed by atoms with E-state index in [1.807, 2.05) is 6.08 Å². The molecular weight excluding hydrogens is 190 g/mol. The summed E-state index contributed by atoms with van der Waals surface area (Å²) < 4.78 is 0. The Hall–Kier alpha value is -1.38. The van der Waals surface area contributed by atoms with Crippen LogP contribution in [0.2, 0.25) is 0 Å². The summed E-state index contributed by atoms with van der Waals surface area (Å²) in [6.45, 7) is 2.15. The number of carbonyl (C=O) groups is 2. The summed E-state index contributed by atoms with van der Waals surface area (Å²) in [7, 11) is 0. The van der Waals surface area contributed by atoms with E-state index in [2.05, 4.69) is 12.2 Å². The maximum absolute atomic E-state index is 11.5. The van der Waals surface area contributed by atoms with Crippen LogP contribution in [0.15, 0.2) is 22.8 Å². The number of hydrogen-bond acceptors (Lipinski definition) is 2. The third-order valence-corrected chi connectivity index (χ3v) is 2.95. The average Bonchev–Trinajstić information content (AvgIpc) is 2.72. The van der Waals surface area contributed by atoms with Crippen molar-refractivity contribution in [3.05, 3.63) is 22.8 Å². The Bertz CT molecular complexity index is 377. The average molecular weight is 205 g/mol. The van der Waals surface area contributed by atoms with Gasteiger partial charge < -0.3 is 0 Å². The highest BCUT2D eigenvalue weighted by atomic mass is 16.2. The summed E-state index contributed by atoms with van der Waals surface area (Å²) in [6, 6.07) is 0. The SMILES string of the molecule is CCCCCC1=CCC2=C1C(=O)NC2=O. The minimum atomic E-state index is -0.199. The zero-order valence-electron chi connectivity index (χ0n) is 8.93. The van der Waals surface area contributed by atoms with Crippen molar-refractivity contribution in [2.24, 2.45) is 0 Å². The molecule has 2 amide bonds. The van der Waals surface area contributed by atoms with Crippen LogP contribution in [-0.4, -0.2) is 11.8 Å². The molecule has 1 N–H and O–H groups in total. The molecule has 0 fully saturated rings. The molecule has 0 saturated heterocycles. The number of rotatable bonds is 4. The minimum absolute atomic E-state index is 0.197. The van der Waals surface area contributed by atoms with Gasteiger partial charge in [0, 0.05) is 5.57 Å². The highest BCUT2D eigenvalue weighted by Crippen LogP contribution is 2.33. The lowest BCUT2D eigenvalue weighted by Gasteiger charge is -2.03. The topological polar surface area (TPSA) is 46.2 Å². The Balaban J connectivity index is 2.06. The van der Waals surface area contributed by atoms with Crippen LogP contribution in [0.1, 0.15) is 39.0 Å². The van der Waals surface area contributed by atoms with E-state index in [1.165, 1.54) is 12.8 Å². The predicted octanol–water partition coefficient (Wildman–Crippen LogP) is 1.85. The third-order valence-electron chi connectivity index (χ3n) is 2.95. The Morgan fingerprint density at radius 2 is 2.07 bits per heavy atom. The minimum Gasteiger partial charge on any atom is -0.288 e. The van der Waals surface area contributed by atoms with Gasteiger partial charge in [-0.05, 0) is 24.8 Å². The molecule has 0 atom stereocenters. The van der Waals surface area contributed by atoms with Gasteiger partial charge in [0.25, 0.3) is 11.8 Å². The van der Waals surface area contributed by atoms with Gasteiger partial charge in [-0.25, -0.2) is 0 Å². The summed E-state index contributed by atoms with van der Waals surface area (Å²) in [5.74, 6) is -0.396. The quantitative estimate of drug-likeness (QED) is 0.562. The Kier molecular flexibility index (Phi) is 2.71. The molecule has 0 unspecified atom stereocenters. The molecule has 0 aromatic heterocycles. The van der Waals surface area contributed by atoms with E-state index in [9.17, 15) is 9.59 Å². The van der Waals surface area contributed by atoms with E-state index in [0.29, 0.717) is 17.6 Å². The van der Waals surface area contributed by atoms with Gasteiger partial charge in [0.2, 0.25) is 0 Å². The summed E-state index contributed by atoms with van der Waals surface area (Å²) in [6.07, 6.45) is 7.03. The largest absolute Gasteiger partial charge is 0.288 e. The van der Waals surface area contributed by atoms with Crippen LogP contribution in [0.25, 0.3) is 0 Å².